The molecule has 0 radical (unpaired) electrons. The van der Waals surface area contributed by atoms with E-state index < -0.39 is 29.7 Å². The van der Waals surface area contributed by atoms with Crippen molar-refractivity contribution in [1.29, 1.82) is 0 Å². The summed E-state index contributed by atoms with van der Waals surface area (Å²) in [6.45, 7) is 3.94. The number of amides is 2. The fourth-order valence-electron chi connectivity index (χ4n) is 3.07. The largest absolute Gasteiger partial charge is 0.452 e. The Labute approximate surface area is 167 Å². The van der Waals surface area contributed by atoms with Gasteiger partial charge in [0, 0.05) is 24.7 Å². The van der Waals surface area contributed by atoms with Gasteiger partial charge in [0.1, 0.15) is 11.6 Å². The average molecular weight is 403 g/mol. The van der Waals surface area contributed by atoms with Gasteiger partial charge >= 0.3 is 5.97 Å². The van der Waals surface area contributed by atoms with Gasteiger partial charge in [0.05, 0.1) is 5.92 Å². The van der Waals surface area contributed by atoms with Gasteiger partial charge in [-0.05, 0) is 51.0 Å². The monoisotopic (exact) mass is 403 g/mol. The molecule has 1 saturated heterocycles. The second-order valence-electron chi connectivity index (χ2n) is 6.96. The van der Waals surface area contributed by atoms with E-state index >= 15 is 0 Å². The number of likely N-dealkylation sites (tertiary alicyclic amines) is 1. The van der Waals surface area contributed by atoms with Crippen LogP contribution in [0.2, 0.25) is 0 Å². The number of carbonyl (C=O) groups is 3. The highest BCUT2D eigenvalue weighted by atomic mass is 19.1. The molecule has 0 spiro atoms. The van der Waals surface area contributed by atoms with Crippen LogP contribution < -0.4 is 5.32 Å². The van der Waals surface area contributed by atoms with Gasteiger partial charge in [0.15, 0.2) is 11.9 Å². The fraction of sp³-hybridized carbons (Fsp3) is 0.400. The highest BCUT2D eigenvalue weighted by Gasteiger charge is 2.31. The standard InChI is InChI=1S/C20H22FN3O5/c1-12-11-17(23-29-12)22-18(25)13(2)28-20(27)15-7-9-24(10-8-15)19(26)14-3-5-16(21)6-4-14/h3-6,11,13,15H,7-10H2,1-2H3,(H,22,23,25)/t13-/m0/s1. The number of nitrogens with one attached hydrogen (secondary N) is 1. The maximum Gasteiger partial charge on any atom is 0.309 e. The molecule has 29 heavy (non-hydrogen) atoms. The summed E-state index contributed by atoms with van der Waals surface area (Å²) in [4.78, 5) is 38.6. The number of benzene rings is 1. The van der Waals surface area contributed by atoms with Crippen LogP contribution in [0.15, 0.2) is 34.9 Å². The fourth-order valence-corrected chi connectivity index (χ4v) is 3.07. The van der Waals surface area contributed by atoms with Gasteiger partial charge in [-0.15, -0.1) is 0 Å². The molecule has 2 amide bonds. The van der Waals surface area contributed by atoms with Crippen LogP contribution in [0.25, 0.3) is 0 Å². The topological polar surface area (TPSA) is 102 Å². The molecule has 9 heteroatoms. The van der Waals surface area contributed by atoms with Gasteiger partial charge in [-0.1, -0.05) is 5.16 Å². The third-order valence-electron chi connectivity index (χ3n) is 4.75. The van der Waals surface area contributed by atoms with E-state index in [1.54, 1.807) is 17.9 Å². The maximum absolute atomic E-state index is 13.0. The zero-order valence-corrected chi connectivity index (χ0v) is 16.2. The van der Waals surface area contributed by atoms with Crippen LogP contribution in [-0.4, -0.2) is 47.0 Å². The molecule has 1 N–H and O–H groups in total. The number of anilines is 1. The predicted octanol–water partition coefficient (Wildman–Crippen LogP) is 2.54. The molecule has 0 aliphatic carbocycles. The highest BCUT2D eigenvalue weighted by molar-refractivity contribution is 5.95. The molecular formula is C20H22FN3O5. The lowest BCUT2D eigenvalue weighted by molar-refractivity contribution is -0.158. The van der Waals surface area contributed by atoms with Crippen molar-refractivity contribution in [3.63, 3.8) is 0 Å². The summed E-state index contributed by atoms with van der Waals surface area (Å²) >= 11 is 0. The lowest BCUT2D eigenvalue weighted by Crippen LogP contribution is -2.41. The smallest absolute Gasteiger partial charge is 0.309 e. The lowest BCUT2D eigenvalue weighted by Gasteiger charge is -2.31. The van der Waals surface area contributed by atoms with Crippen LogP contribution in [0.5, 0.6) is 0 Å². The number of piperidine rings is 1. The number of aryl methyl sites for hydroxylation is 1. The van der Waals surface area contributed by atoms with E-state index in [4.69, 9.17) is 9.26 Å². The Morgan fingerprint density at radius 3 is 2.48 bits per heavy atom. The maximum atomic E-state index is 13.0. The van der Waals surface area contributed by atoms with Crippen LogP contribution in [0.3, 0.4) is 0 Å². The Morgan fingerprint density at radius 2 is 1.90 bits per heavy atom. The number of hydrogen-bond acceptors (Lipinski definition) is 6. The van der Waals surface area contributed by atoms with Crippen molar-refractivity contribution in [3.05, 3.63) is 47.5 Å². The summed E-state index contributed by atoms with van der Waals surface area (Å²) in [5, 5.41) is 6.17. The third-order valence-corrected chi connectivity index (χ3v) is 4.75. The molecule has 1 fully saturated rings. The first kappa shape index (κ1) is 20.5. The molecule has 0 saturated carbocycles. The minimum atomic E-state index is -0.988. The van der Waals surface area contributed by atoms with E-state index in [1.165, 1.54) is 31.2 Å². The SMILES string of the molecule is Cc1cc(NC(=O)[C@H](C)OC(=O)C2CCN(C(=O)c3ccc(F)cc3)CC2)no1. The van der Waals surface area contributed by atoms with Crippen LogP contribution in [-0.2, 0) is 14.3 Å². The molecule has 154 valence electrons. The lowest BCUT2D eigenvalue weighted by atomic mass is 9.96. The average Bonchev–Trinajstić information content (AvgIpc) is 3.12. The molecule has 2 heterocycles. The number of nitrogens with zero attached hydrogens (tertiary/aromatic N) is 2. The molecule has 0 bridgehead atoms. The first-order valence-electron chi connectivity index (χ1n) is 9.33. The van der Waals surface area contributed by atoms with Crippen LogP contribution in [0.4, 0.5) is 10.2 Å². The number of carbonyl (C=O) groups excluding carboxylic acids is 3. The highest BCUT2D eigenvalue weighted by Crippen LogP contribution is 2.21. The number of halogens is 1. The van der Waals surface area contributed by atoms with Gasteiger partial charge in [-0.25, -0.2) is 4.39 Å². The zero-order chi connectivity index (χ0) is 21.0. The van der Waals surface area contributed by atoms with Gasteiger partial charge < -0.3 is 19.5 Å². The van der Waals surface area contributed by atoms with Gasteiger partial charge in [-0.3, -0.25) is 14.4 Å². The van der Waals surface area contributed by atoms with Gasteiger partial charge in [0.25, 0.3) is 11.8 Å². The van der Waals surface area contributed by atoms with Crippen molar-refractivity contribution < 1.29 is 28.0 Å². The summed E-state index contributed by atoms with van der Waals surface area (Å²) in [5.74, 6) is -1.17. The predicted molar refractivity (Wildman–Crippen MR) is 100 cm³/mol. The Bertz CT molecular complexity index is 888. The Kier molecular flexibility index (Phi) is 6.26. The molecule has 1 atom stereocenters. The first-order valence-corrected chi connectivity index (χ1v) is 9.33. The van der Waals surface area contributed by atoms with E-state index in [0.29, 0.717) is 37.3 Å². The van der Waals surface area contributed by atoms with Crippen LogP contribution >= 0.6 is 0 Å². The van der Waals surface area contributed by atoms with E-state index in [1.807, 2.05) is 0 Å². The number of aromatic nitrogens is 1. The van der Waals surface area contributed by atoms with Crippen molar-refractivity contribution in [3.8, 4) is 0 Å². The van der Waals surface area contributed by atoms with Crippen molar-refractivity contribution in [2.24, 2.45) is 5.92 Å². The van der Waals surface area contributed by atoms with Crippen molar-refractivity contribution in [1.82, 2.24) is 10.1 Å². The molecule has 1 aromatic carbocycles. The molecule has 0 unspecified atom stereocenters. The number of esters is 1. The summed E-state index contributed by atoms with van der Waals surface area (Å²) < 4.78 is 23.1. The molecule has 8 nitrogen and oxygen atoms in total. The number of ether oxygens (including phenoxy) is 1. The molecule has 3 rings (SSSR count). The second kappa shape index (κ2) is 8.85. The second-order valence-corrected chi connectivity index (χ2v) is 6.96. The Morgan fingerprint density at radius 1 is 1.24 bits per heavy atom. The summed E-state index contributed by atoms with van der Waals surface area (Å²) in [7, 11) is 0. The van der Waals surface area contributed by atoms with Crippen molar-refractivity contribution in [2.75, 3.05) is 18.4 Å². The Hall–Kier alpha value is -3.23. The zero-order valence-electron chi connectivity index (χ0n) is 16.2. The summed E-state index contributed by atoms with van der Waals surface area (Å²) in [5.41, 5.74) is 0.404. The van der Waals surface area contributed by atoms with Crippen molar-refractivity contribution in [2.45, 2.75) is 32.8 Å². The molecular weight excluding hydrogens is 381 g/mol. The van der Waals surface area contributed by atoms with Gasteiger partial charge in [0.2, 0.25) is 0 Å². The minimum absolute atomic E-state index is 0.201. The molecule has 1 aromatic heterocycles. The van der Waals surface area contributed by atoms with Gasteiger partial charge in [-0.2, -0.15) is 0 Å². The number of rotatable bonds is 5. The van der Waals surface area contributed by atoms with E-state index in [2.05, 4.69) is 10.5 Å². The summed E-state index contributed by atoms with van der Waals surface area (Å²) in [6, 6.07) is 6.91. The minimum Gasteiger partial charge on any atom is -0.452 e. The normalized spacial score (nSPS) is 15.6. The van der Waals surface area contributed by atoms with E-state index in [0.717, 1.165) is 0 Å². The van der Waals surface area contributed by atoms with Crippen LogP contribution in [0.1, 0.15) is 35.9 Å². The third kappa shape index (κ3) is 5.18. The quantitative estimate of drug-likeness (QED) is 0.770. The van der Waals surface area contributed by atoms with Crippen molar-refractivity contribution >= 4 is 23.6 Å². The van der Waals surface area contributed by atoms with Crippen LogP contribution in [0, 0.1) is 18.7 Å². The summed E-state index contributed by atoms with van der Waals surface area (Å²) in [6.07, 6.45) is -0.121. The number of hydrogen-bond donors (Lipinski definition) is 1. The first-order chi connectivity index (χ1) is 13.8. The Balaban J connectivity index is 1.47. The van der Waals surface area contributed by atoms with E-state index in [9.17, 15) is 18.8 Å². The molecule has 1 aliphatic rings. The van der Waals surface area contributed by atoms with E-state index in [-0.39, 0.29) is 11.7 Å². The molecule has 1 aliphatic heterocycles. The molecule has 2 aromatic rings.